The van der Waals surface area contributed by atoms with Gasteiger partial charge in [0.1, 0.15) is 5.82 Å². The van der Waals surface area contributed by atoms with Crippen LogP contribution in [0.4, 0.5) is 5.82 Å². The number of halogens is 2. The molecular formula is C15H13Cl2N3O2. The topological polar surface area (TPSA) is 71.1 Å². The summed E-state index contributed by atoms with van der Waals surface area (Å²) in [5.74, 6) is -0.360. The summed E-state index contributed by atoms with van der Waals surface area (Å²) in [4.78, 5) is 27.8. The van der Waals surface area contributed by atoms with Crippen LogP contribution in [0, 0.1) is 6.92 Å². The summed E-state index contributed by atoms with van der Waals surface area (Å²) in [5, 5.41) is 5.78. The summed E-state index contributed by atoms with van der Waals surface area (Å²) in [5.41, 5.74) is 1.09. The summed E-state index contributed by atoms with van der Waals surface area (Å²) in [7, 11) is 0. The molecule has 114 valence electrons. The number of aryl methyl sites for hydroxylation is 1. The third-order valence-corrected chi connectivity index (χ3v) is 3.40. The van der Waals surface area contributed by atoms with Crippen LogP contribution in [0.15, 0.2) is 36.5 Å². The summed E-state index contributed by atoms with van der Waals surface area (Å²) in [6.07, 6.45) is 1.58. The zero-order valence-electron chi connectivity index (χ0n) is 11.7. The number of anilines is 1. The number of carbonyl (C=O) groups excluding carboxylic acids is 2. The second-order valence-electron chi connectivity index (χ2n) is 4.52. The van der Waals surface area contributed by atoms with E-state index in [1.807, 2.05) is 13.0 Å². The molecule has 0 saturated heterocycles. The Morgan fingerprint density at radius 3 is 2.68 bits per heavy atom. The average Bonchev–Trinajstić information content (AvgIpc) is 2.47. The van der Waals surface area contributed by atoms with Gasteiger partial charge in [-0.2, -0.15) is 0 Å². The van der Waals surface area contributed by atoms with E-state index in [-0.39, 0.29) is 23.0 Å². The second-order valence-corrected chi connectivity index (χ2v) is 5.37. The van der Waals surface area contributed by atoms with Crippen molar-refractivity contribution in [1.29, 1.82) is 0 Å². The predicted octanol–water partition coefficient (Wildman–Crippen LogP) is 3.07. The minimum absolute atomic E-state index is 0.187. The molecule has 1 aromatic heterocycles. The Hall–Kier alpha value is -2.11. The van der Waals surface area contributed by atoms with Gasteiger partial charge in [0, 0.05) is 11.2 Å². The fourth-order valence-corrected chi connectivity index (χ4v) is 2.22. The minimum Gasteiger partial charge on any atom is -0.343 e. The lowest BCUT2D eigenvalue weighted by atomic mass is 10.2. The van der Waals surface area contributed by atoms with Crippen LogP contribution in [0.25, 0.3) is 0 Å². The number of benzene rings is 1. The van der Waals surface area contributed by atoms with E-state index in [0.717, 1.165) is 5.56 Å². The monoisotopic (exact) mass is 337 g/mol. The van der Waals surface area contributed by atoms with Crippen molar-refractivity contribution in [3.63, 3.8) is 0 Å². The molecule has 1 heterocycles. The Morgan fingerprint density at radius 1 is 1.23 bits per heavy atom. The van der Waals surface area contributed by atoms with Gasteiger partial charge in [0.2, 0.25) is 5.91 Å². The highest BCUT2D eigenvalue weighted by atomic mass is 35.5. The van der Waals surface area contributed by atoms with Crippen LogP contribution >= 0.6 is 23.2 Å². The highest BCUT2D eigenvalue weighted by molar-refractivity contribution is 6.36. The van der Waals surface area contributed by atoms with Crippen LogP contribution in [0.2, 0.25) is 10.0 Å². The summed E-state index contributed by atoms with van der Waals surface area (Å²) in [6, 6.07) is 8.12. The van der Waals surface area contributed by atoms with Gasteiger partial charge in [0.15, 0.2) is 0 Å². The Balaban J connectivity index is 1.93. The van der Waals surface area contributed by atoms with E-state index >= 15 is 0 Å². The highest BCUT2D eigenvalue weighted by Crippen LogP contribution is 2.20. The molecule has 0 unspecified atom stereocenters. The van der Waals surface area contributed by atoms with Crippen molar-refractivity contribution in [3.05, 3.63) is 57.7 Å². The van der Waals surface area contributed by atoms with E-state index in [9.17, 15) is 9.59 Å². The van der Waals surface area contributed by atoms with Crippen molar-refractivity contribution < 1.29 is 9.59 Å². The van der Waals surface area contributed by atoms with E-state index < -0.39 is 5.91 Å². The molecule has 0 aliphatic carbocycles. The Labute approximate surface area is 137 Å². The third kappa shape index (κ3) is 4.19. The molecule has 0 fully saturated rings. The van der Waals surface area contributed by atoms with E-state index in [0.29, 0.717) is 10.8 Å². The molecule has 0 atom stereocenters. The number of pyridine rings is 1. The number of amides is 2. The van der Waals surface area contributed by atoms with E-state index in [1.54, 1.807) is 18.3 Å². The molecule has 0 spiro atoms. The zero-order valence-corrected chi connectivity index (χ0v) is 13.2. The smallest absolute Gasteiger partial charge is 0.253 e. The molecule has 0 aliphatic rings. The third-order valence-electron chi connectivity index (χ3n) is 2.85. The molecular weight excluding hydrogens is 325 g/mol. The molecule has 1 aromatic carbocycles. The number of nitrogens with zero attached hydrogens (tertiary/aromatic N) is 1. The molecule has 0 bridgehead atoms. The number of hydrogen-bond acceptors (Lipinski definition) is 3. The summed E-state index contributed by atoms with van der Waals surface area (Å²) >= 11 is 11.7. The molecule has 0 radical (unpaired) electrons. The molecule has 2 rings (SSSR count). The Kier molecular flexibility index (Phi) is 5.35. The first-order valence-electron chi connectivity index (χ1n) is 6.42. The average molecular weight is 338 g/mol. The molecule has 22 heavy (non-hydrogen) atoms. The van der Waals surface area contributed by atoms with Crippen molar-refractivity contribution in [2.75, 3.05) is 11.9 Å². The first-order valence-corrected chi connectivity index (χ1v) is 7.17. The van der Waals surface area contributed by atoms with Crippen molar-refractivity contribution >= 4 is 40.8 Å². The maximum absolute atomic E-state index is 12.0. The van der Waals surface area contributed by atoms with Crippen LogP contribution < -0.4 is 10.6 Å². The molecule has 2 aromatic rings. The van der Waals surface area contributed by atoms with Gasteiger partial charge in [-0.1, -0.05) is 29.3 Å². The van der Waals surface area contributed by atoms with Gasteiger partial charge < -0.3 is 10.6 Å². The highest BCUT2D eigenvalue weighted by Gasteiger charge is 2.12. The quantitative estimate of drug-likeness (QED) is 0.900. The molecule has 2 amide bonds. The predicted molar refractivity (Wildman–Crippen MR) is 86.4 cm³/mol. The second kappa shape index (κ2) is 7.24. The molecule has 7 heteroatoms. The van der Waals surface area contributed by atoms with Gasteiger partial charge in [-0.25, -0.2) is 4.98 Å². The van der Waals surface area contributed by atoms with E-state index in [4.69, 9.17) is 23.2 Å². The van der Waals surface area contributed by atoms with Crippen LogP contribution in [-0.2, 0) is 4.79 Å². The fraction of sp³-hybridized carbons (Fsp3) is 0.133. The largest absolute Gasteiger partial charge is 0.343 e. The number of rotatable bonds is 4. The van der Waals surface area contributed by atoms with Crippen molar-refractivity contribution in [2.45, 2.75) is 6.92 Å². The molecule has 2 N–H and O–H groups in total. The van der Waals surface area contributed by atoms with Gasteiger partial charge in [0.25, 0.3) is 5.91 Å². The fourth-order valence-electron chi connectivity index (χ4n) is 1.72. The molecule has 5 nitrogen and oxygen atoms in total. The lowest BCUT2D eigenvalue weighted by Crippen LogP contribution is -2.33. The number of carbonyl (C=O) groups is 2. The van der Waals surface area contributed by atoms with Gasteiger partial charge >= 0.3 is 0 Å². The first kappa shape index (κ1) is 16.3. The lowest BCUT2D eigenvalue weighted by Gasteiger charge is -2.09. The zero-order chi connectivity index (χ0) is 16.1. The standard InChI is InChI=1S/C15H13Cl2N3O2/c1-9-3-2-6-18-14(9)20-13(21)8-19-15(22)11-5-4-10(16)7-12(11)17/h2-7H,8H2,1H3,(H,19,22)(H,18,20,21). The van der Waals surface area contributed by atoms with Gasteiger partial charge in [0.05, 0.1) is 17.1 Å². The molecule has 0 saturated carbocycles. The maximum atomic E-state index is 12.0. The van der Waals surface area contributed by atoms with Crippen molar-refractivity contribution in [3.8, 4) is 0 Å². The van der Waals surface area contributed by atoms with E-state index in [2.05, 4.69) is 15.6 Å². The minimum atomic E-state index is -0.449. The Bertz CT molecular complexity index is 720. The Morgan fingerprint density at radius 2 is 2.00 bits per heavy atom. The van der Waals surface area contributed by atoms with E-state index in [1.165, 1.54) is 12.1 Å². The SMILES string of the molecule is Cc1cccnc1NC(=O)CNC(=O)c1ccc(Cl)cc1Cl. The van der Waals surface area contributed by atoms with Crippen LogP contribution in [0.5, 0.6) is 0 Å². The van der Waals surface area contributed by atoms with Gasteiger partial charge in [-0.3, -0.25) is 9.59 Å². The van der Waals surface area contributed by atoms with Crippen LogP contribution in [-0.4, -0.2) is 23.3 Å². The number of nitrogens with one attached hydrogen (secondary N) is 2. The summed E-state index contributed by atoms with van der Waals surface area (Å²) < 4.78 is 0. The number of aromatic nitrogens is 1. The number of hydrogen-bond donors (Lipinski definition) is 2. The van der Waals surface area contributed by atoms with Crippen molar-refractivity contribution in [2.24, 2.45) is 0 Å². The maximum Gasteiger partial charge on any atom is 0.253 e. The van der Waals surface area contributed by atoms with Crippen LogP contribution in [0.1, 0.15) is 15.9 Å². The molecule has 0 aliphatic heterocycles. The van der Waals surface area contributed by atoms with Gasteiger partial charge in [-0.05, 0) is 36.8 Å². The van der Waals surface area contributed by atoms with Gasteiger partial charge in [-0.15, -0.1) is 0 Å². The van der Waals surface area contributed by atoms with Crippen molar-refractivity contribution in [1.82, 2.24) is 10.3 Å². The lowest BCUT2D eigenvalue weighted by molar-refractivity contribution is -0.115. The van der Waals surface area contributed by atoms with Crippen LogP contribution in [0.3, 0.4) is 0 Å². The first-order chi connectivity index (χ1) is 10.5. The normalized spacial score (nSPS) is 10.1. The summed E-state index contributed by atoms with van der Waals surface area (Å²) in [6.45, 7) is 1.64.